The number of hydrogen-bond donors (Lipinski definition) is 2. The number of nitrogen functional groups attached to an aromatic ring is 1. The van der Waals surface area contributed by atoms with Crippen molar-refractivity contribution in [2.24, 2.45) is 7.05 Å². The van der Waals surface area contributed by atoms with Gasteiger partial charge in [-0.05, 0) is 19.1 Å². The third-order valence-corrected chi connectivity index (χ3v) is 2.16. The Bertz CT molecular complexity index is 507. The lowest BCUT2D eigenvalue weighted by atomic mass is 10.4. The molecule has 0 radical (unpaired) electrons. The van der Waals surface area contributed by atoms with Gasteiger partial charge in [-0.3, -0.25) is 9.48 Å². The average molecular weight is 220 g/mol. The quantitative estimate of drug-likeness (QED) is 0.795. The van der Waals surface area contributed by atoms with Gasteiger partial charge in [0.1, 0.15) is 5.76 Å². The van der Waals surface area contributed by atoms with Crippen molar-refractivity contribution in [3.63, 3.8) is 0 Å². The Hall–Kier alpha value is -2.24. The van der Waals surface area contributed by atoms with E-state index >= 15 is 0 Å². The van der Waals surface area contributed by atoms with Gasteiger partial charge in [-0.1, -0.05) is 0 Å². The molecule has 0 unspecified atom stereocenters. The molecule has 0 aliphatic heterocycles. The molecule has 2 rings (SSSR count). The van der Waals surface area contributed by atoms with Crippen LogP contribution in [0.1, 0.15) is 16.3 Å². The van der Waals surface area contributed by atoms with Gasteiger partial charge in [-0.15, -0.1) is 0 Å². The molecule has 0 saturated heterocycles. The zero-order valence-corrected chi connectivity index (χ0v) is 9.02. The second-order valence-corrected chi connectivity index (χ2v) is 3.44. The lowest BCUT2D eigenvalue weighted by Gasteiger charge is -2.04. The molecule has 16 heavy (non-hydrogen) atoms. The van der Waals surface area contributed by atoms with E-state index in [9.17, 15) is 4.79 Å². The van der Waals surface area contributed by atoms with Crippen LogP contribution >= 0.6 is 0 Å². The van der Waals surface area contributed by atoms with Crippen molar-refractivity contribution < 1.29 is 9.21 Å². The third kappa shape index (κ3) is 1.77. The number of amides is 1. The van der Waals surface area contributed by atoms with Crippen molar-refractivity contribution in [3.05, 3.63) is 29.9 Å². The fourth-order valence-electron chi connectivity index (χ4n) is 1.33. The average Bonchev–Trinajstić information content (AvgIpc) is 2.79. The van der Waals surface area contributed by atoms with E-state index < -0.39 is 0 Å². The molecule has 0 fully saturated rings. The highest BCUT2D eigenvalue weighted by molar-refractivity contribution is 6.03. The largest absolute Gasteiger partial charge is 0.456 e. The highest BCUT2D eigenvalue weighted by Gasteiger charge is 2.14. The van der Waals surface area contributed by atoms with E-state index in [4.69, 9.17) is 10.2 Å². The van der Waals surface area contributed by atoms with Gasteiger partial charge in [-0.2, -0.15) is 5.10 Å². The van der Waals surface area contributed by atoms with E-state index in [0.29, 0.717) is 17.3 Å². The lowest BCUT2D eigenvalue weighted by molar-refractivity contribution is 0.0994. The topological polar surface area (TPSA) is 86.1 Å². The van der Waals surface area contributed by atoms with Gasteiger partial charge >= 0.3 is 0 Å². The fourth-order valence-corrected chi connectivity index (χ4v) is 1.33. The molecule has 0 aliphatic carbocycles. The summed E-state index contributed by atoms with van der Waals surface area (Å²) >= 11 is 0. The first-order chi connectivity index (χ1) is 7.58. The van der Waals surface area contributed by atoms with E-state index in [1.165, 1.54) is 10.9 Å². The Labute approximate surface area is 92.0 Å². The molecule has 0 aromatic carbocycles. The molecule has 6 nitrogen and oxygen atoms in total. The molecule has 3 N–H and O–H groups in total. The van der Waals surface area contributed by atoms with Gasteiger partial charge in [0.25, 0.3) is 5.91 Å². The van der Waals surface area contributed by atoms with Gasteiger partial charge in [0, 0.05) is 7.05 Å². The normalized spacial score (nSPS) is 10.4. The van der Waals surface area contributed by atoms with Gasteiger partial charge < -0.3 is 15.5 Å². The first kappa shape index (κ1) is 10.3. The zero-order valence-electron chi connectivity index (χ0n) is 9.02. The predicted molar refractivity (Wildman–Crippen MR) is 59.0 cm³/mol. The second-order valence-electron chi connectivity index (χ2n) is 3.44. The molecule has 0 saturated carbocycles. The maximum absolute atomic E-state index is 11.7. The summed E-state index contributed by atoms with van der Waals surface area (Å²) in [5, 5.41) is 6.55. The van der Waals surface area contributed by atoms with Gasteiger partial charge in [0.15, 0.2) is 11.6 Å². The number of furan rings is 1. The maximum Gasteiger partial charge on any atom is 0.292 e. The maximum atomic E-state index is 11.7. The van der Waals surface area contributed by atoms with Crippen LogP contribution in [-0.2, 0) is 7.05 Å². The number of nitrogens with one attached hydrogen (secondary N) is 1. The van der Waals surface area contributed by atoms with Crippen LogP contribution in [-0.4, -0.2) is 15.7 Å². The number of anilines is 2. The van der Waals surface area contributed by atoms with Crippen molar-refractivity contribution in [2.75, 3.05) is 11.1 Å². The fraction of sp³-hybridized carbons (Fsp3) is 0.200. The minimum Gasteiger partial charge on any atom is -0.456 e. The van der Waals surface area contributed by atoms with Crippen LogP contribution in [0.5, 0.6) is 0 Å². The zero-order chi connectivity index (χ0) is 11.7. The second kappa shape index (κ2) is 3.73. The van der Waals surface area contributed by atoms with E-state index in [0.717, 1.165) is 0 Å². The summed E-state index contributed by atoms with van der Waals surface area (Å²) in [6, 6.07) is 3.33. The van der Waals surface area contributed by atoms with Gasteiger partial charge in [-0.25, -0.2) is 0 Å². The van der Waals surface area contributed by atoms with E-state index in [1.54, 1.807) is 26.1 Å². The van der Waals surface area contributed by atoms with Crippen molar-refractivity contribution in [2.45, 2.75) is 6.92 Å². The number of rotatable bonds is 2. The SMILES string of the molecule is Cc1ccc(C(=O)Nc2c(N)cnn2C)o1. The molecule has 2 aromatic rings. The van der Waals surface area contributed by atoms with E-state index in [2.05, 4.69) is 10.4 Å². The molecular formula is C10H12N4O2. The van der Waals surface area contributed by atoms with Crippen LogP contribution in [0.15, 0.2) is 22.7 Å². The van der Waals surface area contributed by atoms with Crippen molar-refractivity contribution >= 4 is 17.4 Å². The van der Waals surface area contributed by atoms with Crippen LogP contribution in [0.25, 0.3) is 0 Å². The molecule has 2 aromatic heterocycles. The van der Waals surface area contributed by atoms with Crippen LogP contribution in [0, 0.1) is 6.92 Å². The number of nitrogens with two attached hydrogens (primary N) is 1. The summed E-state index contributed by atoms with van der Waals surface area (Å²) in [7, 11) is 1.69. The summed E-state index contributed by atoms with van der Waals surface area (Å²) in [5.41, 5.74) is 6.06. The number of carbonyl (C=O) groups is 1. The number of hydrogen-bond acceptors (Lipinski definition) is 4. The van der Waals surface area contributed by atoms with Crippen LogP contribution in [0.3, 0.4) is 0 Å². The van der Waals surface area contributed by atoms with Crippen LogP contribution in [0.4, 0.5) is 11.5 Å². The molecular weight excluding hydrogens is 208 g/mol. The first-order valence-electron chi connectivity index (χ1n) is 4.73. The first-order valence-corrected chi connectivity index (χ1v) is 4.73. The third-order valence-electron chi connectivity index (χ3n) is 2.16. The van der Waals surface area contributed by atoms with Crippen molar-refractivity contribution in [1.82, 2.24) is 9.78 Å². The Morgan fingerprint density at radius 2 is 2.31 bits per heavy atom. The molecule has 84 valence electrons. The molecule has 1 amide bonds. The minimum absolute atomic E-state index is 0.248. The number of carbonyl (C=O) groups excluding carboxylic acids is 1. The smallest absolute Gasteiger partial charge is 0.292 e. The highest BCUT2D eigenvalue weighted by Crippen LogP contribution is 2.17. The number of nitrogens with zero attached hydrogens (tertiary/aromatic N) is 2. The summed E-state index contributed by atoms with van der Waals surface area (Å²) in [6.07, 6.45) is 1.48. The molecule has 0 spiro atoms. The molecule has 6 heteroatoms. The predicted octanol–water partition coefficient (Wildman–Crippen LogP) is 1.16. The van der Waals surface area contributed by atoms with Crippen molar-refractivity contribution in [1.29, 1.82) is 0 Å². The van der Waals surface area contributed by atoms with Gasteiger partial charge in [0.2, 0.25) is 0 Å². The van der Waals surface area contributed by atoms with Crippen molar-refractivity contribution in [3.8, 4) is 0 Å². The summed E-state index contributed by atoms with van der Waals surface area (Å²) in [4.78, 5) is 11.7. The van der Waals surface area contributed by atoms with Gasteiger partial charge in [0.05, 0.1) is 11.9 Å². The monoisotopic (exact) mass is 220 g/mol. The molecule has 0 bridgehead atoms. The Morgan fingerprint density at radius 1 is 1.56 bits per heavy atom. The van der Waals surface area contributed by atoms with E-state index in [1.807, 2.05) is 0 Å². The highest BCUT2D eigenvalue weighted by atomic mass is 16.3. The minimum atomic E-state index is -0.344. The Morgan fingerprint density at radius 3 is 2.81 bits per heavy atom. The molecule has 0 atom stereocenters. The number of aromatic nitrogens is 2. The molecule has 0 aliphatic rings. The standard InChI is InChI=1S/C10H12N4O2/c1-6-3-4-8(16-6)10(15)13-9-7(11)5-12-14(9)2/h3-5H,11H2,1-2H3,(H,13,15). The number of aryl methyl sites for hydroxylation is 2. The molecule has 2 heterocycles. The Balaban J connectivity index is 2.20. The summed E-state index contributed by atoms with van der Waals surface area (Å²) in [5.74, 6) is 1.05. The summed E-state index contributed by atoms with van der Waals surface area (Å²) < 4.78 is 6.68. The van der Waals surface area contributed by atoms with Crippen LogP contribution < -0.4 is 11.1 Å². The van der Waals surface area contributed by atoms with Crippen LogP contribution in [0.2, 0.25) is 0 Å². The lowest BCUT2D eigenvalue weighted by Crippen LogP contribution is -2.14. The summed E-state index contributed by atoms with van der Waals surface area (Å²) in [6.45, 7) is 1.77. The Kier molecular flexibility index (Phi) is 2.40. The van der Waals surface area contributed by atoms with E-state index in [-0.39, 0.29) is 11.7 Å².